The molecule has 38 nitrogen and oxygen atoms in total. The first-order valence-electron chi connectivity index (χ1n) is 44.1. The average Bonchev–Trinajstić information content (AvgIpc) is 1.22. The number of aryl methyl sites for hydroxylation is 2. The number of phenolic OH excluding ortho intramolecular Hbond substituents is 4. The Hall–Kier alpha value is -13.8. The second kappa shape index (κ2) is 39.5. The fourth-order valence-corrected chi connectivity index (χ4v) is 18.6. The van der Waals surface area contributed by atoms with E-state index in [-0.39, 0.29) is 41.5 Å². The molecule has 18 atom stereocenters. The number of hydrogen-bond acceptors (Lipinski definition) is 28. The summed E-state index contributed by atoms with van der Waals surface area (Å²) >= 11 is 14.5. The number of rotatable bonds is 19. The van der Waals surface area contributed by atoms with Gasteiger partial charge in [0.15, 0.2) is 35.1 Å². The molecule has 6 amide bonds. The number of carbonyl (C=O) groups excluding carboxylic acids is 6. The van der Waals surface area contributed by atoms with E-state index < -0.39 is 265 Å². The van der Waals surface area contributed by atoms with Gasteiger partial charge in [-0.05, 0) is 144 Å². The number of para-hydroxylation sites is 2. The molecule has 0 radical (unpaired) electrons. The Morgan fingerprint density at radius 1 is 0.526 bits per heavy atom. The van der Waals surface area contributed by atoms with Crippen molar-refractivity contribution in [2.45, 2.75) is 182 Å². The number of carboxylic acids is 2. The number of likely N-dealkylation sites (N-methyl/N-ethyl adjacent to an activating group) is 1. The highest BCUT2D eigenvalue weighted by Crippen LogP contribution is 2.51. The Balaban J connectivity index is 0.870. The van der Waals surface area contributed by atoms with Crippen LogP contribution in [0.5, 0.6) is 69.0 Å². The van der Waals surface area contributed by atoms with Crippen LogP contribution in [0.4, 0.5) is 0 Å². The molecule has 9 aromatic carbocycles. The van der Waals surface area contributed by atoms with Gasteiger partial charge in [0.25, 0.3) is 0 Å². The van der Waals surface area contributed by atoms with Crippen molar-refractivity contribution in [2.75, 3.05) is 13.7 Å². The minimum Gasteiger partial charge on any atom is -0.508 e. The number of fused-ring (bicyclic) bond motifs is 16. The molecule has 0 saturated carbocycles. The van der Waals surface area contributed by atoms with Crippen LogP contribution in [-0.4, -0.2) is 215 Å². The summed E-state index contributed by atoms with van der Waals surface area (Å²) in [7, 11) is 1.68. The van der Waals surface area contributed by atoms with E-state index >= 15 is 28.8 Å². The van der Waals surface area contributed by atoms with Crippen LogP contribution in [0.1, 0.15) is 126 Å². The monoisotopic (exact) mass is 1920 g/mol. The molecule has 4 unspecified atom stereocenters. The van der Waals surface area contributed by atoms with Gasteiger partial charge in [-0.25, -0.2) is 9.59 Å². The molecular weight excluding hydrogens is 1820 g/mol. The average molecular weight is 1920 g/mol. The number of phenols is 4. The van der Waals surface area contributed by atoms with Crippen molar-refractivity contribution in [3.05, 3.63) is 236 Å². The molecule has 20 N–H and O–H groups in total. The third-order valence-corrected chi connectivity index (χ3v) is 25.9. The molecule has 11 aromatic rings. The lowest BCUT2D eigenvalue weighted by Gasteiger charge is -2.41. The highest BCUT2D eigenvalue weighted by Gasteiger charge is 2.51. The zero-order valence-electron chi connectivity index (χ0n) is 73.2. The fourth-order valence-electron chi connectivity index (χ4n) is 18.1. The van der Waals surface area contributed by atoms with Crippen LogP contribution in [0.3, 0.4) is 0 Å². The summed E-state index contributed by atoms with van der Waals surface area (Å²) in [5.41, 5.74) is 0.133. The number of ether oxygens (including phenoxy) is 7. The molecule has 0 aliphatic carbocycles. The lowest BCUT2D eigenvalue weighted by atomic mass is 9.89. The number of amides is 6. The highest BCUT2D eigenvalue weighted by molar-refractivity contribution is 6.33. The minimum absolute atomic E-state index is 0.0955. The molecule has 8 aliphatic rings. The first-order chi connectivity index (χ1) is 65.7. The summed E-state index contributed by atoms with van der Waals surface area (Å²) in [6, 6.07) is 20.7. The number of unbranched alkanes of at least 4 members (excludes halogenated alkanes) is 2. The number of aliphatic hydroxyl groups is 7. The van der Waals surface area contributed by atoms with E-state index in [0.717, 1.165) is 126 Å². The fraction of sp³-hybridized carbons (Fsp3) is 0.320. The zero-order chi connectivity index (χ0) is 97.0. The third kappa shape index (κ3) is 19.1. The van der Waals surface area contributed by atoms with Crippen LogP contribution in [0.25, 0.3) is 32.9 Å². The van der Waals surface area contributed by atoms with E-state index in [4.69, 9.17) is 56.4 Å². The summed E-state index contributed by atoms with van der Waals surface area (Å²) in [5.74, 6) is -18.3. The lowest BCUT2D eigenvalue weighted by molar-refractivity contribution is -0.277. The maximum Gasteiger partial charge on any atom is 0.335 e. The number of hydrogen-bond donors (Lipinski definition) is 20. The van der Waals surface area contributed by atoms with Gasteiger partial charge in [0.05, 0.1) is 22.7 Å². The number of nitrogens with zero attached hydrogens (tertiary/aromatic N) is 3. The Morgan fingerprint density at radius 3 is 1.82 bits per heavy atom. The van der Waals surface area contributed by atoms with Gasteiger partial charge in [0, 0.05) is 101 Å². The van der Waals surface area contributed by atoms with Crippen molar-refractivity contribution in [1.29, 1.82) is 0 Å². The molecule has 0 spiro atoms. The van der Waals surface area contributed by atoms with Gasteiger partial charge in [-0.15, -0.1) is 0 Å². The number of aliphatic carboxylic acids is 2. The summed E-state index contributed by atoms with van der Waals surface area (Å²) in [5, 5.41) is 170. The number of aromatic nitrogens is 2. The molecule has 2 saturated heterocycles. The van der Waals surface area contributed by atoms with Crippen molar-refractivity contribution in [2.24, 2.45) is 0 Å². The molecule has 8 aliphatic heterocycles. The summed E-state index contributed by atoms with van der Waals surface area (Å²) in [6.45, 7) is 4.38. The van der Waals surface area contributed by atoms with Gasteiger partial charge in [-0.3, -0.25) is 33.7 Å². The predicted molar refractivity (Wildman–Crippen MR) is 487 cm³/mol. The molecule has 19 rings (SSSR count). The number of aromatic hydroxyl groups is 4. The van der Waals surface area contributed by atoms with Gasteiger partial charge >= 0.3 is 11.9 Å². The number of aliphatic hydroxyl groups excluding tert-OH is 7. The van der Waals surface area contributed by atoms with Gasteiger partial charge in [0.1, 0.15) is 119 Å². The molecular formula is C97H96Cl2N10O28. The van der Waals surface area contributed by atoms with Crippen LogP contribution in [0.15, 0.2) is 176 Å². The zero-order valence-corrected chi connectivity index (χ0v) is 74.8. The van der Waals surface area contributed by atoms with E-state index in [1.807, 2.05) is 72.4 Å². The van der Waals surface area contributed by atoms with Gasteiger partial charge in [0.2, 0.25) is 53.8 Å². The quantitative estimate of drug-likeness (QED) is 0.0372. The van der Waals surface area contributed by atoms with Crippen LogP contribution in [-0.2, 0) is 80.4 Å². The largest absolute Gasteiger partial charge is 0.508 e. The van der Waals surface area contributed by atoms with Crippen LogP contribution in [0, 0.1) is 0 Å². The third-order valence-electron chi connectivity index (χ3n) is 25.2. The van der Waals surface area contributed by atoms with Crippen LogP contribution < -0.4 is 60.9 Å². The Bertz CT molecular complexity index is 6560. The second-order valence-corrected chi connectivity index (χ2v) is 35.2. The van der Waals surface area contributed by atoms with Crippen molar-refractivity contribution >= 4 is 92.4 Å². The smallest absolute Gasteiger partial charge is 0.335 e. The van der Waals surface area contributed by atoms with Crippen molar-refractivity contribution in [1.82, 2.24) is 51.3 Å². The SMILES string of the molecule is CCCCn1cc(CNC2[C@H](Oc3c4cc5cc3Oc3ccc(cc3Cl)[C@@H](O)C3NC(=O)[C@H](NC(=O)[C@@H]5NC(=O)[C@H]5NC(=O)[C@@H](Cc6ccc(cc6)O4)NC(=O)[C@H](N(C)Cc4cn(CCCC)c6ccccc46)c4ccc(O)c(c4)Oc4cc(O)c(Cl)c5c4)c4ccc(O)c(c4)-c4c(O[C@H]5O[C@H](CO)[C@@H](O)[C@H](O)[C@@H]5O)cc(O)cc4[C@@H](C(=O)O)NC3=O)OC(C(=O)O)C(O)[C@@H]2O)c2ccccc21. The van der Waals surface area contributed by atoms with E-state index in [9.17, 15) is 76.0 Å². The number of carboxylic acid groups (broad SMARTS) is 2. The standard InChI is InChI=1S/C97H96Cl2N10O28/c1-4-6-26-108-40-48(53-12-8-10-14-60(53)108)38-100-78-82(117)84(119)87(95(129)130)137-96(78)136-86-68-32-47-33-69(86)133-65-25-20-46(30-58(65)98)80(115)77-92(125)105-76(94(127)128)56-34-50(111)35-67(134-97-85(120)83(118)81(116)70(42-110)135-97)71(56)55-29-44(18-23-62(55)112)73(89(122)106-77)102-90(123)74(47)103-91(124)75-57-36-52(37-64(114)72(57)99)132-66-31-45(19-24-63(66)113)79(93(126)101-59(88(121)104-75)28-43-16-21-51(131-68)22-17-43)107(3)39-49-41-109(27-7-5-2)61-15-11-9-13-54(49)61/h8-25,29-37,40-41,59,70,73-85,87,96-97,100,110-120H,4-7,26-28,38-39,42H2,1-3H3,(H,101,126)(H,102,123)(H,103,124)(H,104,121)(H,105,125)(H,106,122)(H,127,128)(H,129,130)/t59-,70-,73-,74-,75+,76+,77?,78?,79-,80-,81-,82-,83+,84?,85+,87?,96-,97+/m1/s1. The van der Waals surface area contributed by atoms with E-state index in [2.05, 4.69) is 48.7 Å². The number of carbonyl (C=O) groups is 8. The molecule has 2 fully saturated rings. The summed E-state index contributed by atoms with van der Waals surface area (Å²) in [4.78, 5) is 127. The Kier molecular flexibility index (Phi) is 27.3. The van der Waals surface area contributed by atoms with Crippen molar-refractivity contribution in [3.8, 4) is 80.1 Å². The minimum atomic E-state index is -2.46. The van der Waals surface area contributed by atoms with Gasteiger partial charge in [-0.2, -0.15) is 0 Å². The number of halogens is 2. The molecule has 40 heteroatoms. The maximum absolute atomic E-state index is 17.0. The van der Waals surface area contributed by atoms with E-state index in [0.29, 0.717) is 24.2 Å². The lowest BCUT2D eigenvalue weighted by Crippen LogP contribution is -2.65. The first-order valence-corrected chi connectivity index (χ1v) is 44.8. The Labute approximate surface area is 789 Å². The molecule has 137 heavy (non-hydrogen) atoms. The van der Waals surface area contributed by atoms with Crippen LogP contribution in [0.2, 0.25) is 10.0 Å². The maximum atomic E-state index is 17.0. The topological polar surface area (TPSA) is 561 Å². The molecule has 17 bridgehead atoms. The molecule has 10 heterocycles. The number of benzene rings is 9. The van der Waals surface area contributed by atoms with Gasteiger partial charge < -0.3 is 146 Å². The summed E-state index contributed by atoms with van der Waals surface area (Å²) in [6.07, 6.45) is -14.2. The van der Waals surface area contributed by atoms with E-state index in [1.54, 1.807) is 11.9 Å². The number of nitrogens with one attached hydrogen (secondary N) is 7. The Morgan fingerprint density at radius 2 is 1.15 bits per heavy atom. The molecule has 716 valence electrons. The molecule has 2 aromatic heterocycles. The van der Waals surface area contributed by atoms with Crippen molar-refractivity contribution < 1.29 is 138 Å². The summed E-state index contributed by atoms with van der Waals surface area (Å²) < 4.78 is 49.4. The highest BCUT2D eigenvalue weighted by atomic mass is 35.5. The van der Waals surface area contributed by atoms with Crippen LogP contribution >= 0.6 is 23.2 Å². The van der Waals surface area contributed by atoms with Crippen molar-refractivity contribution in [3.63, 3.8) is 0 Å². The second-order valence-electron chi connectivity index (χ2n) is 34.4. The normalized spacial score (nSPS) is 25.0. The predicted octanol–water partition coefficient (Wildman–Crippen LogP) is 7.50. The first kappa shape index (κ1) is 94.9. The van der Waals surface area contributed by atoms with E-state index in [1.165, 1.54) is 42.5 Å². The van der Waals surface area contributed by atoms with Gasteiger partial charge in [-0.1, -0.05) is 117 Å².